The molecular formula is C85H156O5. The monoisotopic (exact) mass is 1260 g/mol. The highest BCUT2D eigenvalue weighted by atomic mass is 16.6. The van der Waals surface area contributed by atoms with Crippen molar-refractivity contribution in [3.8, 4) is 0 Å². The van der Waals surface area contributed by atoms with Crippen molar-refractivity contribution in [2.24, 2.45) is 0 Å². The summed E-state index contributed by atoms with van der Waals surface area (Å²) in [7, 11) is 0. The number of unbranched alkanes of at least 4 members (excludes halogenated alkanes) is 56. The first kappa shape index (κ1) is 87.3. The molecule has 0 saturated carbocycles. The van der Waals surface area contributed by atoms with Crippen molar-refractivity contribution in [1.82, 2.24) is 0 Å². The zero-order valence-electron chi connectivity index (χ0n) is 60.7. The molecule has 0 heterocycles. The van der Waals surface area contributed by atoms with E-state index in [0.29, 0.717) is 12.8 Å². The van der Waals surface area contributed by atoms with Crippen molar-refractivity contribution in [1.29, 1.82) is 0 Å². The number of allylic oxidation sites excluding steroid dienone is 12. The molecule has 0 bridgehead atoms. The van der Waals surface area contributed by atoms with Crippen molar-refractivity contribution < 1.29 is 24.2 Å². The Morgan fingerprint density at radius 1 is 0.267 bits per heavy atom. The van der Waals surface area contributed by atoms with Crippen LogP contribution in [0.2, 0.25) is 0 Å². The van der Waals surface area contributed by atoms with Gasteiger partial charge in [-0.15, -0.1) is 0 Å². The lowest BCUT2D eigenvalue weighted by molar-refractivity contribution is -0.161. The lowest BCUT2D eigenvalue weighted by Gasteiger charge is -2.15. The van der Waals surface area contributed by atoms with Gasteiger partial charge in [-0.2, -0.15) is 0 Å². The molecule has 0 aromatic heterocycles. The molecule has 0 aliphatic carbocycles. The number of ether oxygens (including phenoxy) is 2. The van der Waals surface area contributed by atoms with Crippen LogP contribution >= 0.6 is 0 Å². The molecule has 1 N–H and O–H groups in total. The van der Waals surface area contributed by atoms with Crippen LogP contribution in [0.3, 0.4) is 0 Å². The van der Waals surface area contributed by atoms with E-state index in [9.17, 15) is 14.7 Å². The number of carbonyl (C=O) groups is 2. The Hall–Kier alpha value is -2.66. The molecule has 5 nitrogen and oxygen atoms in total. The molecule has 526 valence electrons. The second kappa shape index (κ2) is 80.6. The second-order valence-electron chi connectivity index (χ2n) is 27.5. The zero-order chi connectivity index (χ0) is 64.7. The minimum Gasteiger partial charge on any atom is -0.462 e. The van der Waals surface area contributed by atoms with E-state index >= 15 is 0 Å². The number of carbonyl (C=O) groups excluding carboxylic acids is 2. The van der Waals surface area contributed by atoms with E-state index in [4.69, 9.17) is 9.47 Å². The van der Waals surface area contributed by atoms with Crippen molar-refractivity contribution in [2.75, 3.05) is 13.2 Å². The predicted octanol–water partition coefficient (Wildman–Crippen LogP) is 28.6. The van der Waals surface area contributed by atoms with Crippen LogP contribution in [0.4, 0.5) is 0 Å². The molecule has 0 radical (unpaired) electrons. The van der Waals surface area contributed by atoms with Crippen LogP contribution in [-0.4, -0.2) is 36.4 Å². The van der Waals surface area contributed by atoms with Gasteiger partial charge in [-0.25, -0.2) is 0 Å². The SMILES string of the molecule is CC/C=C\C/C=C\C/C=C\C/C=C\C/C=C\C/C=C\CCCCCCCCCCCCCCCCCCC(=O)OC(CO)COC(=O)CCCCCCCCCCCCCCCCCCCCCCCCCCCCCCCCCCCCCCCCCCC. The third-order valence-corrected chi connectivity index (χ3v) is 18.5. The van der Waals surface area contributed by atoms with Gasteiger partial charge in [0.15, 0.2) is 6.10 Å². The molecule has 0 saturated heterocycles. The van der Waals surface area contributed by atoms with Crippen molar-refractivity contribution in [2.45, 2.75) is 444 Å². The summed E-state index contributed by atoms with van der Waals surface area (Å²) in [6.07, 6.45) is 113. The lowest BCUT2D eigenvalue weighted by atomic mass is 10.0. The van der Waals surface area contributed by atoms with Crippen LogP contribution in [0.15, 0.2) is 72.9 Å². The molecule has 90 heavy (non-hydrogen) atoms. The number of hydrogen-bond acceptors (Lipinski definition) is 5. The standard InChI is InChI=1S/C85H156O5/c1-3-5-7-9-11-13-15-17-19-21-23-25-27-29-31-33-35-37-39-40-41-42-43-44-46-47-49-51-53-55-57-59-61-63-65-67-69-71-73-75-77-79-84(87)89-82-83(81-86)90-85(88)80-78-76-74-72-70-68-66-64-62-60-58-56-54-52-50-48-45-38-36-34-32-30-28-26-24-22-20-18-16-14-12-10-8-6-4-2/h6,8,12,14,18,20,24,26,30,32,36,38,83,86H,3-5,7,9-11,13,15-17,19,21-23,25,27-29,31,33-35,37,39-82H2,1-2H3/b8-6-,14-12-,20-18-,26-24-,32-30-,38-36-. The Kier molecular flexibility index (Phi) is 78.2. The minimum absolute atomic E-state index is 0.0618. The summed E-state index contributed by atoms with van der Waals surface area (Å²) in [6, 6.07) is 0. The molecule has 0 spiro atoms. The number of rotatable bonds is 76. The lowest BCUT2D eigenvalue weighted by Crippen LogP contribution is -2.28. The molecule has 0 aliphatic heterocycles. The Bertz CT molecular complexity index is 1570. The number of aliphatic hydroxyl groups excluding tert-OH is 1. The van der Waals surface area contributed by atoms with Crippen LogP contribution < -0.4 is 0 Å². The molecule has 1 unspecified atom stereocenters. The first-order valence-electron chi connectivity index (χ1n) is 40.5. The number of esters is 2. The Morgan fingerprint density at radius 2 is 0.478 bits per heavy atom. The average molecular weight is 1260 g/mol. The fourth-order valence-corrected chi connectivity index (χ4v) is 12.5. The maximum atomic E-state index is 12.4. The highest BCUT2D eigenvalue weighted by Crippen LogP contribution is 2.20. The maximum absolute atomic E-state index is 12.4. The predicted molar refractivity (Wildman–Crippen MR) is 399 cm³/mol. The largest absolute Gasteiger partial charge is 0.462 e. The second-order valence-corrected chi connectivity index (χ2v) is 27.5. The molecule has 0 aromatic carbocycles. The average Bonchev–Trinajstić information content (AvgIpc) is 3.58. The highest BCUT2D eigenvalue weighted by Gasteiger charge is 2.16. The van der Waals surface area contributed by atoms with E-state index in [1.165, 1.54) is 340 Å². The highest BCUT2D eigenvalue weighted by molar-refractivity contribution is 5.70. The van der Waals surface area contributed by atoms with Gasteiger partial charge in [0.25, 0.3) is 0 Å². The van der Waals surface area contributed by atoms with Crippen LogP contribution in [-0.2, 0) is 19.1 Å². The van der Waals surface area contributed by atoms with Gasteiger partial charge in [0, 0.05) is 12.8 Å². The summed E-state index contributed by atoms with van der Waals surface area (Å²) in [4.78, 5) is 24.7. The van der Waals surface area contributed by atoms with E-state index in [1.54, 1.807) is 0 Å². The topological polar surface area (TPSA) is 72.8 Å². The van der Waals surface area contributed by atoms with Gasteiger partial charge in [-0.1, -0.05) is 433 Å². The van der Waals surface area contributed by atoms with Crippen molar-refractivity contribution >= 4 is 11.9 Å². The van der Waals surface area contributed by atoms with E-state index < -0.39 is 6.10 Å². The molecule has 0 fully saturated rings. The first-order chi connectivity index (χ1) is 44.6. The quantitative estimate of drug-likeness (QED) is 0.0373. The number of hydrogen-bond donors (Lipinski definition) is 1. The van der Waals surface area contributed by atoms with Gasteiger partial charge < -0.3 is 14.6 Å². The van der Waals surface area contributed by atoms with E-state index in [-0.39, 0.29) is 25.2 Å². The summed E-state index contributed by atoms with van der Waals surface area (Å²) in [5.74, 6) is -0.569. The summed E-state index contributed by atoms with van der Waals surface area (Å²) in [5, 5.41) is 9.73. The zero-order valence-corrected chi connectivity index (χ0v) is 60.7. The maximum Gasteiger partial charge on any atom is 0.306 e. The molecule has 1 atom stereocenters. The summed E-state index contributed by atoms with van der Waals surface area (Å²) in [5.41, 5.74) is 0. The van der Waals surface area contributed by atoms with Crippen LogP contribution in [0.25, 0.3) is 0 Å². The van der Waals surface area contributed by atoms with E-state index in [2.05, 4.69) is 86.8 Å². The van der Waals surface area contributed by atoms with Crippen molar-refractivity contribution in [3.63, 3.8) is 0 Å². The molecular weight excluding hydrogens is 1100 g/mol. The summed E-state index contributed by atoms with van der Waals surface area (Å²) < 4.78 is 10.8. The fraction of sp³-hybridized carbons (Fsp3) is 0.835. The Balaban J connectivity index is 3.38. The van der Waals surface area contributed by atoms with Crippen LogP contribution in [0.1, 0.15) is 438 Å². The Morgan fingerprint density at radius 3 is 0.722 bits per heavy atom. The van der Waals surface area contributed by atoms with E-state index in [0.717, 1.165) is 70.6 Å². The summed E-state index contributed by atoms with van der Waals surface area (Å²) >= 11 is 0. The third kappa shape index (κ3) is 77.8. The number of aliphatic hydroxyl groups is 1. The van der Waals surface area contributed by atoms with Gasteiger partial charge in [0.1, 0.15) is 6.61 Å². The van der Waals surface area contributed by atoms with E-state index in [1.807, 2.05) is 0 Å². The van der Waals surface area contributed by atoms with Gasteiger partial charge in [0.2, 0.25) is 0 Å². The third-order valence-electron chi connectivity index (χ3n) is 18.5. The smallest absolute Gasteiger partial charge is 0.306 e. The Labute approximate surface area is 563 Å². The van der Waals surface area contributed by atoms with Gasteiger partial charge in [0.05, 0.1) is 6.61 Å². The fourth-order valence-electron chi connectivity index (χ4n) is 12.5. The molecule has 0 aromatic rings. The molecule has 0 amide bonds. The van der Waals surface area contributed by atoms with Gasteiger partial charge in [-0.3, -0.25) is 9.59 Å². The van der Waals surface area contributed by atoms with Crippen LogP contribution in [0, 0.1) is 0 Å². The minimum atomic E-state index is -0.774. The van der Waals surface area contributed by atoms with Crippen molar-refractivity contribution in [3.05, 3.63) is 72.9 Å². The molecule has 0 rings (SSSR count). The molecule has 5 heteroatoms. The van der Waals surface area contributed by atoms with Gasteiger partial charge >= 0.3 is 11.9 Å². The van der Waals surface area contributed by atoms with Crippen LogP contribution in [0.5, 0.6) is 0 Å². The van der Waals surface area contributed by atoms with Gasteiger partial charge in [-0.05, 0) is 64.2 Å². The first-order valence-corrected chi connectivity index (χ1v) is 40.5. The normalized spacial score (nSPS) is 12.5. The molecule has 0 aliphatic rings. The summed E-state index contributed by atoms with van der Waals surface area (Å²) in [6.45, 7) is 4.09.